The summed E-state index contributed by atoms with van der Waals surface area (Å²) in [6.07, 6.45) is -10.5. The van der Waals surface area contributed by atoms with Crippen LogP contribution in [-0.4, -0.2) is 102 Å². The molecule has 1 N–H and O–H groups in total. The molecule has 64 heavy (non-hydrogen) atoms. The SMILES string of the molecule is CCOCOC1C2OC(c3ccccc3)OCC2OC(OC)C1OS(=O)(=O)C(F)(F)C(F)(F)OC(F)(F)C(F)(F)CCCCCCCCCCC(=O)NC/C1=C/CC=C=CCCCC1. The second-order valence-electron chi connectivity index (χ2n) is 15.6. The van der Waals surface area contributed by atoms with E-state index >= 15 is 8.78 Å². The molecule has 2 fully saturated rings. The number of unbranched alkanes of at least 4 members (excludes halogenated alkanes) is 7. The highest BCUT2D eigenvalue weighted by Crippen LogP contribution is 2.49. The Kier molecular flexibility index (Phi) is 21.1. The molecular weight excluding hydrogens is 891 g/mol. The maximum absolute atomic E-state index is 15.2. The van der Waals surface area contributed by atoms with Crippen LogP contribution in [0.1, 0.15) is 115 Å². The van der Waals surface area contributed by atoms with Crippen LogP contribution in [0.3, 0.4) is 0 Å². The Morgan fingerprint density at radius 3 is 2.25 bits per heavy atom. The monoisotopic (exact) mass is 949 g/mol. The Labute approximate surface area is 369 Å². The van der Waals surface area contributed by atoms with Gasteiger partial charge in [0.05, 0.1) is 6.61 Å². The number of carbonyl (C=O) groups excluding carboxylic acids is 1. The van der Waals surface area contributed by atoms with E-state index in [-0.39, 0.29) is 25.5 Å². The quantitative estimate of drug-likeness (QED) is 0.0238. The maximum Gasteiger partial charge on any atom is 0.460 e. The van der Waals surface area contributed by atoms with Crippen LogP contribution < -0.4 is 5.32 Å². The Morgan fingerprint density at radius 1 is 0.875 bits per heavy atom. The van der Waals surface area contributed by atoms with Crippen molar-refractivity contribution in [2.45, 2.75) is 164 Å². The van der Waals surface area contributed by atoms with Gasteiger partial charge in [-0.05, 0) is 64.0 Å². The van der Waals surface area contributed by atoms with E-state index in [2.05, 4.69) is 26.0 Å². The van der Waals surface area contributed by atoms with Gasteiger partial charge in [-0.15, -0.1) is 5.73 Å². The first-order valence-electron chi connectivity index (χ1n) is 21.5. The van der Waals surface area contributed by atoms with E-state index in [1.54, 1.807) is 37.3 Å². The predicted octanol–water partition coefficient (Wildman–Crippen LogP) is 9.62. The number of nitrogens with one attached hydrogen (secondary N) is 1. The van der Waals surface area contributed by atoms with Crippen LogP contribution in [0.2, 0.25) is 0 Å². The highest BCUT2D eigenvalue weighted by atomic mass is 32.2. The van der Waals surface area contributed by atoms with Gasteiger partial charge < -0.3 is 33.7 Å². The molecule has 3 aliphatic rings. The number of benzene rings is 1. The summed E-state index contributed by atoms with van der Waals surface area (Å²) in [5.41, 5.74) is 4.76. The largest absolute Gasteiger partial charge is 0.460 e. The molecule has 1 aliphatic carbocycles. The molecule has 0 spiro atoms. The van der Waals surface area contributed by atoms with Gasteiger partial charge in [-0.1, -0.05) is 80.5 Å². The van der Waals surface area contributed by atoms with Gasteiger partial charge in [0.15, 0.2) is 18.7 Å². The van der Waals surface area contributed by atoms with Crippen LogP contribution in [0.25, 0.3) is 0 Å². The van der Waals surface area contributed by atoms with E-state index in [0.717, 1.165) is 52.1 Å². The molecule has 0 radical (unpaired) electrons. The minimum atomic E-state index is -7.08. The van der Waals surface area contributed by atoms with Gasteiger partial charge in [-0.25, -0.2) is 4.74 Å². The summed E-state index contributed by atoms with van der Waals surface area (Å²) >= 11 is 0. The maximum atomic E-state index is 15.2. The minimum Gasteiger partial charge on any atom is -0.356 e. The van der Waals surface area contributed by atoms with Gasteiger partial charge in [0, 0.05) is 38.7 Å². The summed E-state index contributed by atoms with van der Waals surface area (Å²) in [6.45, 7) is 1.21. The fourth-order valence-electron chi connectivity index (χ4n) is 7.13. The predicted molar refractivity (Wildman–Crippen MR) is 215 cm³/mol. The van der Waals surface area contributed by atoms with Crippen LogP contribution >= 0.6 is 0 Å². The number of ether oxygens (including phenoxy) is 7. The zero-order valence-electron chi connectivity index (χ0n) is 35.9. The third-order valence-electron chi connectivity index (χ3n) is 10.7. The second kappa shape index (κ2) is 25.2. The molecule has 2 aliphatic heterocycles. The molecule has 0 bridgehead atoms. The average Bonchev–Trinajstić information content (AvgIpc) is 3.25. The van der Waals surface area contributed by atoms with Crippen LogP contribution in [0.15, 0.2) is 59.9 Å². The summed E-state index contributed by atoms with van der Waals surface area (Å²) in [6, 6.07) is 8.19. The first kappa shape index (κ1) is 53.6. The number of hydrogen-bond acceptors (Lipinski definition) is 11. The van der Waals surface area contributed by atoms with Crippen molar-refractivity contribution in [3.8, 4) is 0 Å². The van der Waals surface area contributed by atoms with Crippen molar-refractivity contribution < 1.29 is 85.7 Å². The van der Waals surface area contributed by atoms with Crippen molar-refractivity contribution in [1.82, 2.24) is 5.32 Å². The number of carbonyl (C=O) groups is 1. The van der Waals surface area contributed by atoms with Gasteiger partial charge in [0.2, 0.25) is 5.91 Å². The number of amides is 1. The first-order chi connectivity index (χ1) is 30.4. The third-order valence-corrected chi connectivity index (χ3v) is 12.1. The highest BCUT2D eigenvalue weighted by molar-refractivity contribution is 7.87. The van der Waals surface area contributed by atoms with Gasteiger partial charge in [0.1, 0.15) is 25.1 Å². The molecule has 1 aromatic carbocycles. The van der Waals surface area contributed by atoms with Crippen molar-refractivity contribution in [3.05, 3.63) is 65.4 Å². The Bertz CT molecular complexity index is 1780. The molecule has 1 aromatic rings. The summed E-state index contributed by atoms with van der Waals surface area (Å²) in [5.74, 6) is -5.49. The number of fused-ring (bicyclic) bond motifs is 1. The van der Waals surface area contributed by atoms with Crippen LogP contribution in [0, 0.1) is 0 Å². The standard InChI is InChI=1S/C43H59F8NO11S/c1-3-57-30-59-36-35-33(29-58-38(61-35)32-24-18-15-19-25-32)60-39(56-2)37(36)62-64(54,55)43(50,51)42(48,49)63-41(46,47)40(44,45)27-21-14-10-5-4-9-13-20-26-34(53)52-28-31-22-16-11-7-6-8-12-17-23-31/h6,12,15,18-19,23-25,33,35-39H,3-5,7,9-11,13-14,16-17,20-22,26-30H2,1-2H3,(H,52,53)/b31-23+. The molecule has 364 valence electrons. The second-order valence-corrected chi connectivity index (χ2v) is 17.2. The normalized spacial score (nSPS) is 24.8. The average molecular weight is 950 g/mol. The molecule has 0 aromatic heterocycles. The highest BCUT2D eigenvalue weighted by Gasteiger charge is 2.75. The topological polar surface area (TPSA) is 137 Å². The summed E-state index contributed by atoms with van der Waals surface area (Å²) in [4.78, 5) is 12.3. The van der Waals surface area contributed by atoms with E-state index in [4.69, 9.17) is 28.4 Å². The fraction of sp³-hybridized carbons (Fsp3) is 0.721. The van der Waals surface area contributed by atoms with Crippen molar-refractivity contribution in [2.24, 2.45) is 0 Å². The van der Waals surface area contributed by atoms with E-state index < -0.39 is 90.1 Å². The van der Waals surface area contributed by atoms with E-state index in [0.29, 0.717) is 44.2 Å². The van der Waals surface area contributed by atoms with Gasteiger partial charge in [0.25, 0.3) is 0 Å². The number of alkyl halides is 8. The molecule has 2 saturated heterocycles. The summed E-state index contributed by atoms with van der Waals surface area (Å²) < 4.78 is 185. The number of methoxy groups -OCH3 is 1. The smallest absolute Gasteiger partial charge is 0.356 e. The number of halogens is 8. The lowest BCUT2D eigenvalue weighted by Gasteiger charge is -2.48. The molecule has 21 heteroatoms. The molecular formula is C43H59F8NO11S. The van der Waals surface area contributed by atoms with Crippen molar-refractivity contribution in [2.75, 3.05) is 33.7 Å². The Balaban J connectivity index is 1.24. The number of rotatable bonds is 26. The Hall–Kier alpha value is -2.98. The summed E-state index contributed by atoms with van der Waals surface area (Å²) in [7, 11) is -6.15. The molecule has 6 unspecified atom stereocenters. The van der Waals surface area contributed by atoms with Gasteiger partial charge in [-0.3, -0.25) is 8.98 Å². The van der Waals surface area contributed by atoms with Gasteiger partial charge >= 0.3 is 33.5 Å². The van der Waals surface area contributed by atoms with Crippen molar-refractivity contribution >= 4 is 16.0 Å². The first-order valence-corrected chi connectivity index (χ1v) is 22.9. The minimum absolute atomic E-state index is 0.0365. The van der Waals surface area contributed by atoms with Gasteiger partial charge in [-0.2, -0.15) is 43.5 Å². The lowest BCUT2D eigenvalue weighted by Crippen LogP contribution is -2.65. The number of allylic oxidation sites excluding steroid dienone is 2. The molecule has 1 amide bonds. The molecule has 4 rings (SSSR count). The zero-order chi connectivity index (χ0) is 46.9. The number of hydrogen-bond donors (Lipinski definition) is 1. The van der Waals surface area contributed by atoms with E-state index in [1.165, 1.54) is 5.57 Å². The van der Waals surface area contributed by atoms with E-state index in [9.17, 15) is 39.6 Å². The molecule has 2 heterocycles. The fourth-order valence-corrected chi connectivity index (χ4v) is 8.07. The van der Waals surface area contributed by atoms with Crippen molar-refractivity contribution in [1.29, 1.82) is 0 Å². The van der Waals surface area contributed by atoms with Crippen LogP contribution in [-0.2, 0) is 52.3 Å². The Morgan fingerprint density at radius 2 is 1.56 bits per heavy atom. The third kappa shape index (κ3) is 15.3. The molecule has 0 saturated carbocycles. The van der Waals surface area contributed by atoms with Crippen LogP contribution in [0.4, 0.5) is 35.1 Å². The molecule has 12 nitrogen and oxygen atoms in total. The van der Waals surface area contributed by atoms with E-state index in [1.807, 2.05) is 12.2 Å². The van der Waals surface area contributed by atoms with Crippen LogP contribution in [0.5, 0.6) is 0 Å². The zero-order valence-corrected chi connectivity index (χ0v) is 36.8. The lowest BCUT2D eigenvalue weighted by atomic mass is 9.97. The summed E-state index contributed by atoms with van der Waals surface area (Å²) in [5, 5.41) is -3.74. The van der Waals surface area contributed by atoms with Crippen molar-refractivity contribution in [3.63, 3.8) is 0 Å². The molecule has 6 atom stereocenters. The lowest BCUT2D eigenvalue weighted by molar-refractivity contribution is -0.457.